The van der Waals surface area contributed by atoms with Gasteiger partial charge in [0.2, 0.25) is 10.0 Å². The quantitative estimate of drug-likeness (QED) is 0.679. The molecule has 1 N–H and O–H groups in total. The lowest BCUT2D eigenvalue weighted by molar-refractivity contribution is -0.152. The number of nitrogens with one attached hydrogen (secondary N) is 1. The summed E-state index contributed by atoms with van der Waals surface area (Å²) in [5, 5.41) is 0. The van der Waals surface area contributed by atoms with Crippen LogP contribution in [0.1, 0.15) is 53.5 Å². The normalized spacial score (nSPS) is 14.7. The first-order valence-electron chi connectivity index (χ1n) is 10.1. The number of carbonyl (C=O) groups is 2. The van der Waals surface area contributed by atoms with E-state index in [0.717, 1.165) is 36.0 Å². The molecule has 1 heterocycles. The lowest BCUT2D eigenvalue weighted by Crippen LogP contribution is -2.38. The summed E-state index contributed by atoms with van der Waals surface area (Å²) < 4.78 is 33.1. The molecule has 8 heteroatoms. The minimum atomic E-state index is -3.76. The molecule has 1 aliphatic rings. The van der Waals surface area contributed by atoms with Crippen molar-refractivity contribution in [3.05, 3.63) is 27.8 Å². The Bertz CT molecular complexity index is 858. The Morgan fingerprint density at radius 1 is 0.897 bits per heavy atom. The number of piperidine rings is 1. The largest absolute Gasteiger partial charge is 0.456 e. The lowest BCUT2D eigenvalue weighted by Gasteiger charge is -2.26. The molecule has 7 nitrogen and oxygen atoms in total. The summed E-state index contributed by atoms with van der Waals surface area (Å²) in [6.45, 7) is 10.4. The number of likely N-dealkylation sites (tertiary alicyclic amines) is 1. The molecule has 0 unspecified atom stereocenters. The molecule has 1 aliphatic heterocycles. The van der Waals surface area contributed by atoms with Crippen LogP contribution in [0.4, 0.5) is 0 Å². The topological polar surface area (TPSA) is 92.8 Å². The summed E-state index contributed by atoms with van der Waals surface area (Å²) in [5.41, 5.74) is 4.41. The summed E-state index contributed by atoms with van der Waals surface area (Å²) in [4.78, 5) is 25.9. The number of hydrogen-bond donors (Lipinski definition) is 1. The molecule has 0 radical (unpaired) electrons. The van der Waals surface area contributed by atoms with Gasteiger partial charge in [-0.05, 0) is 81.7 Å². The number of esters is 1. The van der Waals surface area contributed by atoms with Crippen LogP contribution in [0.3, 0.4) is 0 Å². The summed E-state index contributed by atoms with van der Waals surface area (Å²) in [7, 11) is -3.76. The van der Waals surface area contributed by atoms with Crippen LogP contribution in [0.25, 0.3) is 0 Å². The molecule has 1 aromatic rings. The van der Waals surface area contributed by atoms with Gasteiger partial charge in [0.15, 0.2) is 6.61 Å². The maximum atomic E-state index is 12.8. The third-order valence-electron chi connectivity index (χ3n) is 5.89. The van der Waals surface area contributed by atoms with Crippen molar-refractivity contribution in [1.29, 1.82) is 0 Å². The summed E-state index contributed by atoms with van der Waals surface area (Å²) >= 11 is 0. The molecule has 0 saturated carbocycles. The molecule has 1 saturated heterocycles. The zero-order valence-electron chi connectivity index (χ0n) is 18.1. The minimum absolute atomic E-state index is 0.0794. The predicted molar refractivity (Wildman–Crippen MR) is 111 cm³/mol. The first kappa shape index (κ1) is 23.3. The van der Waals surface area contributed by atoms with Crippen molar-refractivity contribution in [3.8, 4) is 0 Å². The Hall–Kier alpha value is -1.93. The monoisotopic (exact) mass is 424 g/mol. The molecule has 0 aliphatic carbocycles. The van der Waals surface area contributed by atoms with Gasteiger partial charge in [-0.2, -0.15) is 0 Å². The highest BCUT2D eigenvalue weighted by Gasteiger charge is 2.24. The van der Waals surface area contributed by atoms with Gasteiger partial charge in [-0.3, -0.25) is 9.59 Å². The van der Waals surface area contributed by atoms with Gasteiger partial charge in [-0.25, -0.2) is 13.1 Å². The van der Waals surface area contributed by atoms with Crippen LogP contribution in [-0.4, -0.2) is 51.4 Å². The summed E-state index contributed by atoms with van der Waals surface area (Å²) in [6.07, 6.45) is 2.92. The number of nitrogens with zero attached hydrogens (tertiary/aromatic N) is 1. The lowest BCUT2D eigenvalue weighted by atomic mass is 9.95. The number of benzene rings is 1. The first-order valence-corrected chi connectivity index (χ1v) is 11.5. The van der Waals surface area contributed by atoms with Gasteiger partial charge in [-0.15, -0.1) is 0 Å². The third-order valence-corrected chi connectivity index (χ3v) is 7.62. The Kier molecular flexibility index (Phi) is 7.82. The molecule has 162 valence electrons. The third kappa shape index (κ3) is 5.57. The van der Waals surface area contributed by atoms with Crippen molar-refractivity contribution in [2.45, 2.75) is 65.2 Å². The van der Waals surface area contributed by atoms with Crippen molar-refractivity contribution >= 4 is 21.9 Å². The molecule has 1 fully saturated rings. The van der Waals surface area contributed by atoms with Crippen LogP contribution >= 0.6 is 0 Å². The van der Waals surface area contributed by atoms with Crippen LogP contribution in [0.2, 0.25) is 0 Å². The van der Waals surface area contributed by atoms with E-state index in [0.29, 0.717) is 24.2 Å². The van der Waals surface area contributed by atoms with Gasteiger partial charge in [0.25, 0.3) is 5.91 Å². The minimum Gasteiger partial charge on any atom is -0.456 e. The van der Waals surface area contributed by atoms with E-state index < -0.39 is 16.0 Å². The Labute approximate surface area is 173 Å². The van der Waals surface area contributed by atoms with Gasteiger partial charge in [0.05, 0.1) is 11.3 Å². The summed E-state index contributed by atoms with van der Waals surface area (Å²) in [6, 6.07) is 0. The van der Waals surface area contributed by atoms with Gasteiger partial charge in [0, 0.05) is 19.6 Å². The molecule has 2 rings (SSSR count). The molecule has 29 heavy (non-hydrogen) atoms. The second-order valence-corrected chi connectivity index (χ2v) is 9.41. The van der Waals surface area contributed by atoms with E-state index >= 15 is 0 Å². The SMILES string of the molecule is Cc1c(C)c(C)c(S(=O)(=O)NCCC(=O)OCC(=O)N2CCCCC2)c(C)c1C. The zero-order chi connectivity index (χ0) is 21.8. The van der Waals surface area contributed by atoms with Crippen LogP contribution in [-0.2, 0) is 24.3 Å². The average molecular weight is 425 g/mol. The molecular weight excluding hydrogens is 392 g/mol. The van der Waals surface area contributed by atoms with Gasteiger partial charge < -0.3 is 9.64 Å². The van der Waals surface area contributed by atoms with Crippen LogP contribution in [0.5, 0.6) is 0 Å². The maximum Gasteiger partial charge on any atom is 0.307 e. The van der Waals surface area contributed by atoms with Crippen molar-refractivity contribution in [2.75, 3.05) is 26.2 Å². The van der Waals surface area contributed by atoms with Gasteiger partial charge >= 0.3 is 5.97 Å². The number of sulfonamides is 1. The fraction of sp³-hybridized carbons (Fsp3) is 0.619. The highest BCUT2D eigenvalue weighted by atomic mass is 32.2. The number of rotatable bonds is 7. The standard InChI is InChI=1S/C21H32N2O5S/c1-14-15(2)17(4)21(18(5)16(14)3)29(26,27)22-10-9-20(25)28-13-19(24)23-11-7-6-8-12-23/h22H,6-13H2,1-5H3. The van der Waals surface area contributed by atoms with Crippen molar-refractivity contribution in [1.82, 2.24) is 9.62 Å². The van der Waals surface area contributed by atoms with Crippen LogP contribution < -0.4 is 4.72 Å². The molecular formula is C21H32N2O5S. The molecule has 0 aromatic heterocycles. The molecule has 0 bridgehead atoms. The Balaban J connectivity index is 1.91. The number of hydrogen-bond acceptors (Lipinski definition) is 5. The fourth-order valence-corrected chi connectivity index (χ4v) is 5.30. The van der Waals surface area contributed by atoms with Gasteiger partial charge in [0.1, 0.15) is 0 Å². The van der Waals surface area contributed by atoms with E-state index in [1.807, 2.05) is 20.8 Å². The molecule has 0 atom stereocenters. The number of carbonyl (C=O) groups excluding carboxylic acids is 2. The van der Waals surface area contributed by atoms with Crippen molar-refractivity contribution < 1.29 is 22.7 Å². The first-order chi connectivity index (χ1) is 13.6. The highest BCUT2D eigenvalue weighted by Crippen LogP contribution is 2.29. The van der Waals surface area contributed by atoms with Crippen molar-refractivity contribution in [3.63, 3.8) is 0 Å². The number of amides is 1. The molecule has 1 amide bonds. The number of ether oxygens (including phenoxy) is 1. The molecule has 1 aromatic carbocycles. The van der Waals surface area contributed by atoms with E-state index in [1.54, 1.807) is 18.7 Å². The summed E-state index contributed by atoms with van der Waals surface area (Å²) in [5.74, 6) is -0.793. The van der Waals surface area contributed by atoms with Crippen LogP contribution in [0.15, 0.2) is 4.90 Å². The second kappa shape index (κ2) is 9.71. The van der Waals surface area contributed by atoms with E-state index in [9.17, 15) is 18.0 Å². The predicted octanol–water partition coefficient (Wildman–Crippen LogP) is 2.45. The average Bonchev–Trinajstić information content (AvgIpc) is 2.69. The Morgan fingerprint density at radius 3 is 1.97 bits per heavy atom. The van der Waals surface area contributed by atoms with Gasteiger partial charge in [-0.1, -0.05) is 0 Å². The molecule has 0 spiro atoms. The van der Waals surface area contributed by atoms with E-state index in [2.05, 4.69) is 4.72 Å². The van der Waals surface area contributed by atoms with E-state index in [1.165, 1.54) is 0 Å². The fourth-order valence-electron chi connectivity index (χ4n) is 3.68. The highest BCUT2D eigenvalue weighted by molar-refractivity contribution is 7.89. The van der Waals surface area contributed by atoms with E-state index in [4.69, 9.17) is 4.74 Å². The zero-order valence-corrected chi connectivity index (χ0v) is 18.9. The Morgan fingerprint density at radius 2 is 1.41 bits per heavy atom. The van der Waals surface area contributed by atoms with E-state index in [-0.39, 0.29) is 30.4 Å². The second-order valence-electron chi connectivity index (χ2n) is 7.70. The van der Waals surface area contributed by atoms with Crippen LogP contribution in [0, 0.1) is 34.6 Å². The maximum absolute atomic E-state index is 12.8. The smallest absolute Gasteiger partial charge is 0.307 e. The van der Waals surface area contributed by atoms with Crippen molar-refractivity contribution in [2.24, 2.45) is 0 Å².